The molecule has 1 aromatic carbocycles. The van der Waals surface area contributed by atoms with Gasteiger partial charge in [0, 0.05) is 11.1 Å². The van der Waals surface area contributed by atoms with E-state index in [2.05, 4.69) is 10.1 Å². The summed E-state index contributed by atoms with van der Waals surface area (Å²) < 4.78 is 2.48. The quantitative estimate of drug-likeness (QED) is 0.745. The molecule has 0 amide bonds. The van der Waals surface area contributed by atoms with Crippen LogP contribution in [-0.4, -0.2) is 14.8 Å². The Labute approximate surface area is 117 Å². The molecule has 18 heavy (non-hydrogen) atoms. The number of rotatable bonds is 1. The molecule has 0 bridgehead atoms. The zero-order valence-electron chi connectivity index (χ0n) is 9.32. The van der Waals surface area contributed by atoms with Gasteiger partial charge >= 0.3 is 0 Å². The summed E-state index contributed by atoms with van der Waals surface area (Å²) in [6.07, 6.45) is 0. The molecule has 3 aromatic rings. The zero-order chi connectivity index (χ0) is 12.9. The number of hydrogen-bond donors (Lipinski definition) is 1. The monoisotopic (exact) mass is 298 g/mol. The van der Waals surface area contributed by atoms with E-state index in [1.807, 2.05) is 6.92 Å². The Morgan fingerprint density at radius 3 is 2.72 bits per heavy atom. The highest BCUT2D eigenvalue weighted by molar-refractivity contribution is 7.21. The number of aryl methyl sites for hydroxylation is 1. The highest BCUT2D eigenvalue weighted by Crippen LogP contribution is 2.34. The lowest BCUT2D eigenvalue weighted by atomic mass is 10.3. The molecule has 92 valence electrons. The Morgan fingerprint density at radius 2 is 2.06 bits per heavy atom. The number of fused-ring (bicyclic) bond motifs is 1. The molecule has 3 rings (SSSR count). The van der Waals surface area contributed by atoms with Crippen molar-refractivity contribution >= 4 is 50.6 Å². The molecule has 0 atom stereocenters. The third kappa shape index (κ3) is 1.84. The van der Waals surface area contributed by atoms with Gasteiger partial charge in [0.15, 0.2) is 0 Å². The minimum absolute atomic E-state index is 0.550. The molecule has 0 aliphatic heterocycles. The fourth-order valence-electron chi connectivity index (χ4n) is 1.71. The standard InChI is InChI=1S/C11H8Cl2N4S/c1-5-2-9(14)17(16-5)11-15-8-4-6(12)3-7(13)10(8)18-11/h2-4H,14H2,1H3. The molecule has 0 spiro atoms. The molecule has 0 fully saturated rings. The number of hydrogen-bond acceptors (Lipinski definition) is 4. The van der Waals surface area contributed by atoms with Crippen LogP contribution in [0.25, 0.3) is 15.3 Å². The van der Waals surface area contributed by atoms with Crippen molar-refractivity contribution in [3.8, 4) is 5.13 Å². The van der Waals surface area contributed by atoms with Crippen LogP contribution in [0.2, 0.25) is 10.0 Å². The highest BCUT2D eigenvalue weighted by atomic mass is 35.5. The van der Waals surface area contributed by atoms with E-state index in [0.717, 1.165) is 15.9 Å². The third-order valence-corrected chi connectivity index (χ3v) is 4.15. The summed E-state index contributed by atoms with van der Waals surface area (Å²) in [5, 5.41) is 6.12. The lowest BCUT2D eigenvalue weighted by Gasteiger charge is -1.96. The average Bonchev–Trinajstić information content (AvgIpc) is 2.81. The Morgan fingerprint density at radius 1 is 1.28 bits per heavy atom. The first-order valence-electron chi connectivity index (χ1n) is 5.12. The van der Waals surface area contributed by atoms with Crippen LogP contribution in [0.1, 0.15) is 5.69 Å². The van der Waals surface area contributed by atoms with Gasteiger partial charge in [-0.05, 0) is 19.1 Å². The van der Waals surface area contributed by atoms with Gasteiger partial charge in [0.25, 0.3) is 0 Å². The van der Waals surface area contributed by atoms with Gasteiger partial charge in [-0.1, -0.05) is 34.5 Å². The minimum atomic E-state index is 0.550. The van der Waals surface area contributed by atoms with Gasteiger partial charge in [0.2, 0.25) is 5.13 Å². The minimum Gasteiger partial charge on any atom is -0.383 e. The molecule has 2 N–H and O–H groups in total. The van der Waals surface area contributed by atoms with Crippen LogP contribution in [0.15, 0.2) is 18.2 Å². The maximum Gasteiger partial charge on any atom is 0.213 e. The number of thiazole rings is 1. The van der Waals surface area contributed by atoms with Crippen LogP contribution in [-0.2, 0) is 0 Å². The molecule has 2 aromatic heterocycles. The SMILES string of the molecule is Cc1cc(N)n(-c2nc3cc(Cl)cc(Cl)c3s2)n1. The van der Waals surface area contributed by atoms with Crippen molar-refractivity contribution in [1.29, 1.82) is 0 Å². The normalized spacial score (nSPS) is 11.3. The first kappa shape index (κ1) is 11.8. The summed E-state index contributed by atoms with van der Waals surface area (Å²) >= 11 is 13.5. The van der Waals surface area contributed by atoms with Crippen molar-refractivity contribution in [2.24, 2.45) is 0 Å². The second kappa shape index (κ2) is 4.12. The van der Waals surface area contributed by atoms with Crippen molar-refractivity contribution in [3.63, 3.8) is 0 Å². The van der Waals surface area contributed by atoms with E-state index in [4.69, 9.17) is 28.9 Å². The summed E-state index contributed by atoms with van der Waals surface area (Å²) in [5.41, 5.74) is 7.46. The number of halogens is 2. The number of benzene rings is 1. The number of nitrogens with two attached hydrogens (primary N) is 1. The van der Waals surface area contributed by atoms with Crippen LogP contribution >= 0.6 is 34.5 Å². The van der Waals surface area contributed by atoms with E-state index in [-0.39, 0.29) is 0 Å². The first-order chi connectivity index (χ1) is 8.54. The molecule has 0 saturated carbocycles. The Hall–Kier alpha value is -1.30. The molecule has 0 radical (unpaired) electrons. The van der Waals surface area contributed by atoms with Gasteiger partial charge in [0.1, 0.15) is 5.82 Å². The van der Waals surface area contributed by atoms with Crippen molar-refractivity contribution in [2.75, 3.05) is 5.73 Å². The molecule has 0 saturated heterocycles. The van der Waals surface area contributed by atoms with Crippen molar-refractivity contribution in [3.05, 3.63) is 33.9 Å². The smallest absolute Gasteiger partial charge is 0.213 e. The van der Waals surface area contributed by atoms with Gasteiger partial charge in [-0.15, -0.1) is 0 Å². The molecule has 7 heteroatoms. The summed E-state index contributed by atoms with van der Waals surface area (Å²) in [6.45, 7) is 1.88. The molecule has 2 heterocycles. The van der Waals surface area contributed by atoms with E-state index in [9.17, 15) is 0 Å². The van der Waals surface area contributed by atoms with Gasteiger partial charge in [-0.2, -0.15) is 9.78 Å². The highest BCUT2D eigenvalue weighted by Gasteiger charge is 2.12. The summed E-state index contributed by atoms with van der Waals surface area (Å²) in [7, 11) is 0. The van der Waals surface area contributed by atoms with Crippen molar-refractivity contribution in [1.82, 2.24) is 14.8 Å². The van der Waals surface area contributed by atoms with Gasteiger partial charge in [-0.3, -0.25) is 0 Å². The largest absolute Gasteiger partial charge is 0.383 e. The maximum absolute atomic E-state index is 6.13. The van der Waals surface area contributed by atoms with E-state index in [1.54, 1.807) is 22.9 Å². The Balaban J connectivity index is 2.25. The molecular formula is C11H8Cl2N4S. The average molecular weight is 299 g/mol. The molecule has 0 aliphatic carbocycles. The molecule has 4 nitrogen and oxygen atoms in total. The van der Waals surface area contributed by atoms with E-state index >= 15 is 0 Å². The van der Waals surface area contributed by atoms with Crippen LogP contribution in [0.3, 0.4) is 0 Å². The van der Waals surface area contributed by atoms with Gasteiger partial charge in [-0.25, -0.2) is 4.98 Å². The first-order valence-corrected chi connectivity index (χ1v) is 6.70. The second-order valence-electron chi connectivity index (χ2n) is 3.85. The zero-order valence-corrected chi connectivity index (χ0v) is 11.6. The van der Waals surface area contributed by atoms with E-state index < -0.39 is 0 Å². The lowest BCUT2D eigenvalue weighted by Crippen LogP contribution is -2.00. The van der Waals surface area contributed by atoms with Crippen LogP contribution in [0.4, 0.5) is 5.82 Å². The Kier molecular flexibility index (Phi) is 2.69. The molecule has 0 aliphatic rings. The predicted octanol–water partition coefficient (Wildman–Crippen LogP) is 3.68. The topological polar surface area (TPSA) is 56.7 Å². The lowest BCUT2D eigenvalue weighted by molar-refractivity contribution is 0.865. The number of nitrogens with zero attached hydrogens (tertiary/aromatic N) is 3. The second-order valence-corrected chi connectivity index (χ2v) is 5.68. The third-order valence-electron chi connectivity index (χ3n) is 2.44. The van der Waals surface area contributed by atoms with E-state index in [0.29, 0.717) is 21.0 Å². The van der Waals surface area contributed by atoms with Crippen LogP contribution < -0.4 is 5.73 Å². The summed E-state index contributed by atoms with van der Waals surface area (Å²) in [5.74, 6) is 0.550. The van der Waals surface area contributed by atoms with Crippen LogP contribution in [0, 0.1) is 6.92 Å². The van der Waals surface area contributed by atoms with Gasteiger partial charge < -0.3 is 5.73 Å². The summed E-state index contributed by atoms with van der Waals surface area (Å²) in [4.78, 5) is 4.45. The Bertz CT molecular complexity index is 747. The van der Waals surface area contributed by atoms with E-state index in [1.165, 1.54) is 11.3 Å². The van der Waals surface area contributed by atoms with Crippen molar-refractivity contribution < 1.29 is 0 Å². The molecular weight excluding hydrogens is 291 g/mol. The van der Waals surface area contributed by atoms with Crippen LogP contribution in [0.5, 0.6) is 0 Å². The van der Waals surface area contributed by atoms with Gasteiger partial charge in [0.05, 0.1) is 20.9 Å². The summed E-state index contributed by atoms with van der Waals surface area (Å²) in [6, 6.07) is 5.26. The number of aromatic nitrogens is 3. The number of nitrogen functional groups attached to an aromatic ring is 1. The fourth-order valence-corrected chi connectivity index (χ4v) is 3.23. The number of anilines is 1. The van der Waals surface area contributed by atoms with Crippen molar-refractivity contribution in [2.45, 2.75) is 6.92 Å². The molecule has 0 unspecified atom stereocenters. The fraction of sp³-hybridized carbons (Fsp3) is 0.0909. The predicted molar refractivity (Wildman–Crippen MR) is 75.9 cm³/mol. The maximum atomic E-state index is 6.13.